The number of hydrogen-bond donors (Lipinski definition) is 4. The van der Waals surface area contributed by atoms with Gasteiger partial charge in [-0.05, 0) is 37.5 Å². The first-order chi connectivity index (χ1) is 19.0. The number of amides is 1. The van der Waals surface area contributed by atoms with E-state index < -0.39 is 0 Å². The molecule has 0 saturated carbocycles. The van der Waals surface area contributed by atoms with Gasteiger partial charge in [-0.15, -0.1) is 0 Å². The highest BCUT2D eigenvalue weighted by Gasteiger charge is 2.28. The van der Waals surface area contributed by atoms with Crippen LogP contribution < -0.4 is 15.4 Å². The number of methoxy groups -OCH3 is 1. The summed E-state index contributed by atoms with van der Waals surface area (Å²) in [5.41, 5.74) is 1.75. The molecular formula is C27H36ClN7O4. The van der Waals surface area contributed by atoms with Gasteiger partial charge in [-0.2, -0.15) is 9.97 Å². The Hall–Kier alpha value is -3.12. The van der Waals surface area contributed by atoms with Gasteiger partial charge in [-0.25, -0.2) is 0 Å². The number of aliphatic hydroxyl groups is 1. The summed E-state index contributed by atoms with van der Waals surface area (Å²) in [6.45, 7) is 6.92. The van der Waals surface area contributed by atoms with Crippen molar-refractivity contribution in [3.63, 3.8) is 0 Å². The minimum atomic E-state index is -0.180. The quantitative estimate of drug-likeness (QED) is 0.312. The number of carbonyl (C=O) groups excluding carboxylic acids is 1. The number of halogens is 1. The van der Waals surface area contributed by atoms with Crippen LogP contribution in [0, 0.1) is 0 Å². The minimum Gasteiger partial charge on any atom is -0.495 e. The lowest BCUT2D eigenvalue weighted by atomic mass is 10.0. The third-order valence-corrected chi connectivity index (χ3v) is 7.84. The fourth-order valence-electron chi connectivity index (χ4n) is 5.23. The molecule has 2 aromatic heterocycles. The molecule has 210 valence electrons. The summed E-state index contributed by atoms with van der Waals surface area (Å²) in [6, 6.07) is 5.68. The predicted octanol–water partition coefficient (Wildman–Crippen LogP) is 3.48. The van der Waals surface area contributed by atoms with Gasteiger partial charge in [0.2, 0.25) is 5.95 Å². The van der Waals surface area contributed by atoms with Gasteiger partial charge in [0.05, 0.1) is 49.1 Å². The van der Waals surface area contributed by atoms with E-state index >= 15 is 0 Å². The molecule has 1 amide bonds. The predicted molar refractivity (Wildman–Crippen MR) is 151 cm³/mol. The summed E-state index contributed by atoms with van der Waals surface area (Å²) < 4.78 is 11.1. The van der Waals surface area contributed by atoms with Crippen molar-refractivity contribution in [2.24, 2.45) is 0 Å². The molecule has 2 fully saturated rings. The molecule has 5 rings (SSSR count). The number of hydrogen-bond acceptors (Lipinski definition) is 9. The fourth-order valence-corrected chi connectivity index (χ4v) is 5.47. The van der Waals surface area contributed by atoms with Crippen molar-refractivity contribution < 1.29 is 19.4 Å². The van der Waals surface area contributed by atoms with E-state index in [0.717, 1.165) is 52.2 Å². The van der Waals surface area contributed by atoms with Crippen LogP contribution in [0.3, 0.4) is 0 Å². The zero-order valence-corrected chi connectivity index (χ0v) is 23.1. The number of aromatic amines is 1. The van der Waals surface area contributed by atoms with Crippen LogP contribution in [0.25, 0.3) is 11.0 Å². The zero-order chi connectivity index (χ0) is 27.4. The van der Waals surface area contributed by atoms with Gasteiger partial charge in [-0.1, -0.05) is 18.5 Å². The van der Waals surface area contributed by atoms with Crippen LogP contribution in [-0.2, 0) is 4.74 Å². The van der Waals surface area contributed by atoms with E-state index in [9.17, 15) is 9.90 Å². The molecule has 0 spiro atoms. The number of likely N-dealkylation sites (tertiary alicyclic amines) is 1. The van der Waals surface area contributed by atoms with Crippen molar-refractivity contribution in [1.29, 1.82) is 0 Å². The Kier molecular flexibility index (Phi) is 8.71. The van der Waals surface area contributed by atoms with Crippen LogP contribution in [-0.4, -0.2) is 101 Å². The third-order valence-electron chi connectivity index (χ3n) is 7.55. The number of morpholine rings is 1. The number of ether oxygens (including phenoxy) is 2. The van der Waals surface area contributed by atoms with Crippen LogP contribution in [0.4, 0.5) is 17.5 Å². The van der Waals surface area contributed by atoms with Crippen LogP contribution in [0.1, 0.15) is 36.5 Å². The molecule has 4 N–H and O–H groups in total. The molecule has 2 saturated heterocycles. The minimum absolute atomic E-state index is 0.0000664. The Labute approximate surface area is 232 Å². The van der Waals surface area contributed by atoms with Crippen LogP contribution in [0.5, 0.6) is 5.75 Å². The molecule has 2 aliphatic heterocycles. The second-order valence-corrected chi connectivity index (χ2v) is 10.3. The molecule has 3 aromatic rings. The molecule has 0 unspecified atom stereocenters. The smallest absolute Gasteiger partial charge is 0.253 e. The molecule has 0 aliphatic carbocycles. The summed E-state index contributed by atoms with van der Waals surface area (Å²) >= 11 is 6.37. The van der Waals surface area contributed by atoms with Crippen molar-refractivity contribution in [1.82, 2.24) is 24.8 Å². The monoisotopic (exact) mass is 557 g/mol. The first-order valence-electron chi connectivity index (χ1n) is 13.5. The number of aromatic nitrogens is 3. The number of aliphatic hydroxyl groups excluding tert-OH is 1. The maximum absolute atomic E-state index is 13.3. The second-order valence-electron chi connectivity index (χ2n) is 9.90. The molecule has 4 heterocycles. The number of carbonyl (C=O) groups is 1. The number of rotatable bonds is 9. The average molecular weight is 558 g/mol. The van der Waals surface area contributed by atoms with Gasteiger partial charge in [0.15, 0.2) is 0 Å². The molecule has 2 aliphatic rings. The lowest BCUT2D eigenvalue weighted by molar-refractivity contribution is 0.00159. The fraction of sp³-hybridized carbons (Fsp3) is 0.519. The highest BCUT2D eigenvalue weighted by molar-refractivity contribution is 6.36. The van der Waals surface area contributed by atoms with Crippen molar-refractivity contribution >= 4 is 46.0 Å². The molecular weight excluding hydrogens is 522 g/mol. The van der Waals surface area contributed by atoms with Gasteiger partial charge in [0.1, 0.15) is 17.2 Å². The maximum Gasteiger partial charge on any atom is 0.253 e. The molecule has 1 atom stereocenters. The lowest BCUT2D eigenvalue weighted by Crippen LogP contribution is -2.50. The van der Waals surface area contributed by atoms with Crippen molar-refractivity contribution in [2.45, 2.75) is 38.3 Å². The Morgan fingerprint density at radius 3 is 2.72 bits per heavy atom. The van der Waals surface area contributed by atoms with E-state index in [1.54, 1.807) is 31.5 Å². The summed E-state index contributed by atoms with van der Waals surface area (Å²) in [7, 11) is 1.57. The highest BCUT2D eigenvalue weighted by Crippen LogP contribution is 2.33. The van der Waals surface area contributed by atoms with Crippen LogP contribution in [0.2, 0.25) is 5.02 Å². The number of nitrogens with zero attached hydrogens (tertiary/aromatic N) is 4. The Bertz CT molecular complexity index is 1280. The van der Waals surface area contributed by atoms with Crippen molar-refractivity contribution in [3.05, 3.63) is 35.0 Å². The van der Waals surface area contributed by atoms with Crippen molar-refractivity contribution in [2.75, 3.05) is 63.7 Å². The summed E-state index contributed by atoms with van der Waals surface area (Å²) in [5, 5.41) is 17.3. The molecule has 1 aromatic carbocycles. The summed E-state index contributed by atoms with van der Waals surface area (Å²) in [5.74, 6) is 1.34. The van der Waals surface area contributed by atoms with Gasteiger partial charge >= 0.3 is 0 Å². The number of benzene rings is 1. The van der Waals surface area contributed by atoms with Gasteiger partial charge in [0, 0.05) is 44.0 Å². The normalized spacial score (nSPS) is 17.8. The first kappa shape index (κ1) is 27.4. The number of fused-ring (bicyclic) bond motifs is 1. The van der Waals surface area contributed by atoms with Crippen LogP contribution in [0.15, 0.2) is 24.4 Å². The number of anilines is 3. The van der Waals surface area contributed by atoms with E-state index in [1.165, 1.54) is 0 Å². The van der Waals surface area contributed by atoms with Crippen LogP contribution >= 0.6 is 11.6 Å². The SMILES string of the molecule is CC[C@@H](CO)Nc1nc(Nc2ccc(C(=O)N3CCC(N4CCOCC4)CC3)cc2OC)nc2[nH]cc(Cl)c12. The summed E-state index contributed by atoms with van der Waals surface area (Å²) in [6.07, 6.45) is 4.30. The molecule has 11 nitrogen and oxygen atoms in total. The van der Waals surface area contributed by atoms with E-state index in [2.05, 4.69) is 30.5 Å². The Balaban J connectivity index is 1.30. The first-order valence-corrected chi connectivity index (χ1v) is 13.9. The maximum atomic E-state index is 13.3. The summed E-state index contributed by atoms with van der Waals surface area (Å²) in [4.78, 5) is 30.0. The lowest BCUT2D eigenvalue weighted by Gasteiger charge is -2.40. The van der Waals surface area contributed by atoms with Gasteiger partial charge in [-0.3, -0.25) is 9.69 Å². The number of piperidine rings is 1. The number of H-pyrrole nitrogens is 1. The highest BCUT2D eigenvalue weighted by atomic mass is 35.5. The number of nitrogens with one attached hydrogen (secondary N) is 3. The van der Waals surface area contributed by atoms with Gasteiger partial charge < -0.3 is 35.1 Å². The zero-order valence-electron chi connectivity index (χ0n) is 22.4. The van der Waals surface area contributed by atoms with Gasteiger partial charge in [0.25, 0.3) is 5.91 Å². The standard InChI is InChI=1S/C27H36ClN7O4/c1-3-18(16-36)30-25-23-20(28)15-29-24(23)32-27(33-25)31-21-5-4-17(14-22(21)38-2)26(37)35-8-6-19(7-9-35)34-10-12-39-13-11-34/h4-5,14-15,18-19,36H,3,6-13,16H2,1-2H3,(H3,29,30,31,32,33)/t18-/m0/s1. The topological polar surface area (TPSA) is 128 Å². The average Bonchev–Trinajstić information content (AvgIpc) is 3.36. The Morgan fingerprint density at radius 1 is 1.26 bits per heavy atom. The van der Waals surface area contributed by atoms with E-state index in [4.69, 9.17) is 21.1 Å². The van der Waals surface area contributed by atoms with E-state index in [0.29, 0.717) is 57.3 Å². The largest absolute Gasteiger partial charge is 0.495 e. The van der Waals surface area contributed by atoms with Crippen molar-refractivity contribution in [3.8, 4) is 5.75 Å². The van der Waals surface area contributed by atoms with E-state index in [-0.39, 0.29) is 18.6 Å². The van der Waals surface area contributed by atoms with E-state index in [1.807, 2.05) is 11.8 Å². The third kappa shape index (κ3) is 6.06. The second kappa shape index (κ2) is 12.4. The molecule has 0 bridgehead atoms. The molecule has 39 heavy (non-hydrogen) atoms. The molecule has 0 radical (unpaired) electrons. The Morgan fingerprint density at radius 2 is 2.03 bits per heavy atom. The molecule has 12 heteroatoms.